The van der Waals surface area contributed by atoms with Crippen LogP contribution in [0.3, 0.4) is 0 Å². The topological polar surface area (TPSA) is 49.8 Å². The first-order valence-electron chi connectivity index (χ1n) is 6.01. The molecule has 0 aliphatic carbocycles. The molecule has 1 rings (SSSR count). The lowest BCUT2D eigenvalue weighted by atomic mass is 9.93. The lowest BCUT2D eigenvalue weighted by Crippen LogP contribution is -2.03. The first kappa shape index (κ1) is 12.7. The summed E-state index contributed by atoms with van der Waals surface area (Å²) in [6, 6.07) is 6.51. The highest BCUT2D eigenvalue weighted by Gasteiger charge is 2.09. The zero-order valence-electron chi connectivity index (χ0n) is 10.2. The predicted octanol–water partition coefficient (Wildman–Crippen LogP) is 2.92. The minimum Gasteiger partial charge on any atom is -0.326 e. The lowest BCUT2D eigenvalue weighted by Gasteiger charge is -2.11. The van der Waals surface area contributed by atoms with E-state index in [0.29, 0.717) is 6.54 Å². The molecule has 1 aromatic carbocycles. The second-order valence-corrected chi connectivity index (χ2v) is 4.10. The van der Waals surface area contributed by atoms with E-state index in [9.17, 15) is 5.26 Å². The van der Waals surface area contributed by atoms with E-state index in [2.05, 4.69) is 32.0 Å². The summed E-state index contributed by atoms with van der Waals surface area (Å²) < 4.78 is 0. The van der Waals surface area contributed by atoms with Gasteiger partial charge in [-0.25, -0.2) is 0 Å². The maximum absolute atomic E-state index is 9.23. The number of nitriles is 1. The number of rotatable bonds is 5. The standard InChI is InChI=1S/C14H20N2/c1-3-5-12-7-11(9-15)8-13(6-4-2)14(12)10-16/h7-8H,3-6,9,15H2,1-2H3. The summed E-state index contributed by atoms with van der Waals surface area (Å²) >= 11 is 0. The van der Waals surface area contributed by atoms with Crippen molar-refractivity contribution in [2.45, 2.75) is 46.1 Å². The van der Waals surface area contributed by atoms with E-state index in [0.717, 1.165) is 47.9 Å². The second-order valence-electron chi connectivity index (χ2n) is 4.10. The fourth-order valence-corrected chi connectivity index (χ4v) is 2.03. The van der Waals surface area contributed by atoms with Crippen molar-refractivity contribution in [3.05, 3.63) is 34.4 Å². The van der Waals surface area contributed by atoms with Crippen LogP contribution in [0.5, 0.6) is 0 Å². The van der Waals surface area contributed by atoms with Crippen LogP contribution in [-0.4, -0.2) is 0 Å². The van der Waals surface area contributed by atoms with Crippen molar-refractivity contribution in [2.75, 3.05) is 0 Å². The molecule has 0 bridgehead atoms. The highest BCUT2D eigenvalue weighted by atomic mass is 14.5. The average Bonchev–Trinajstić information content (AvgIpc) is 2.29. The second kappa shape index (κ2) is 6.30. The SMILES string of the molecule is CCCc1cc(CN)cc(CCC)c1C#N. The summed E-state index contributed by atoms with van der Waals surface area (Å²) in [6.07, 6.45) is 4.06. The van der Waals surface area contributed by atoms with Gasteiger partial charge in [0, 0.05) is 6.54 Å². The Labute approximate surface area is 98.1 Å². The van der Waals surface area contributed by atoms with Crippen LogP contribution in [0, 0.1) is 11.3 Å². The minimum absolute atomic E-state index is 0.555. The van der Waals surface area contributed by atoms with E-state index in [1.54, 1.807) is 0 Å². The Bertz CT molecular complexity index is 361. The minimum atomic E-state index is 0.555. The highest BCUT2D eigenvalue weighted by molar-refractivity contribution is 5.47. The normalized spacial score (nSPS) is 10.1. The van der Waals surface area contributed by atoms with E-state index in [1.807, 2.05) is 0 Å². The first-order chi connectivity index (χ1) is 7.76. The van der Waals surface area contributed by atoms with E-state index in [1.165, 1.54) is 0 Å². The molecular weight excluding hydrogens is 196 g/mol. The summed E-state index contributed by atoms with van der Waals surface area (Å²) in [6.45, 7) is 4.82. The van der Waals surface area contributed by atoms with Gasteiger partial charge in [-0.05, 0) is 29.5 Å². The molecule has 0 aliphatic heterocycles. The molecule has 0 unspecified atom stereocenters. The van der Waals surface area contributed by atoms with Crippen LogP contribution in [-0.2, 0) is 19.4 Å². The molecular formula is C14H20N2. The average molecular weight is 216 g/mol. The van der Waals surface area contributed by atoms with Gasteiger partial charge in [-0.2, -0.15) is 5.26 Å². The Balaban J connectivity index is 3.23. The molecule has 0 aromatic heterocycles. The third-order valence-corrected chi connectivity index (χ3v) is 2.75. The molecule has 2 nitrogen and oxygen atoms in total. The summed E-state index contributed by atoms with van der Waals surface area (Å²) in [5.41, 5.74) is 10.0. The molecule has 0 aliphatic rings. The van der Waals surface area contributed by atoms with Gasteiger partial charge >= 0.3 is 0 Å². The van der Waals surface area contributed by atoms with Crippen molar-refractivity contribution in [2.24, 2.45) is 5.73 Å². The molecule has 2 heteroatoms. The molecule has 0 heterocycles. The van der Waals surface area contributed by atoms with Gasteiger partial charge in [0.05, 0.1) is 11.6 Å². The van der Waals surface area contributed by atoms with Gasteiger partial charge in [0.15, 0.2) is 0 Å². The van der Waals surface area contributed by atoms with Gasteiger partial charge in [-0.3, -0.25) is 0 Å². The number of nitrogens with two attached hydrogens (primary N) is 1. The largest absolute Gasteiger partial charge is 0.326 e. The van der Waals surface area contributed by atoms with Crippen LogP contribution >= 0.6 is 0 Å². The van der Waals surface area contributed by atoms with Crippen LogP contribution in [0.15, 0.2) is 12.1 Å². The van der Waals surface area contributed by atoms with Crippen molar-refractivity contribution in [3.8, 4) is 6.07 Å². The molecule has 0 atom stereocenters. The fraction of sp³-hybridized carbons (Fsp3) is 0.500. The van der Waals surface area contributed by atoms with Gasteiger partial charge in [0.25, 0.3) is 0 Å². The Hall–Kier alpha value is -1.33. The third kappa shape index (κ3) is 2.84. The van der Waals surface area contributed by atoms with Gasteiger partial charge in [-0.15, -0.1) is 0 Å². The Morgan fingerprint density at radius 1 is 1.12 bits per heavy atom. The van der Waals surface area contributed by atoms with E-state index < -0.39 is 0 Å². The molecule has 1 aromatic rings. The maximum atomic E-state index is 9.23. The quantitative estimate of drug-likeness (QED) is 0.822. The zero-order chi connectivity index (χ0) is 12.0. The van der Waals surface area contributed by atoms with Gasteiger partial charge < -0.3 is 5.73 Å². The van der Waals surface area contributed by atoms with E-state index >= 15 is 0 Å². The smallest absolute Gasteiger partial charge is 0.0997 e. The number of benzene rings is 1. The van der Waals surface area contributed by atoms with Crippen LogP contribution < -0.4 is 5.73 Å². The number of hydrogen-bond donors (Lipinski definition) is 1. The molecule has 0 fully saturated rings. The molecule has 0 radical (unpaired) electrons. The molecule has 0 saturated heterocycles. The van der Waals surface area contributed by atoms with E-state index in [4.69, 9.17) is 5.73 Å². The summed E-state index contributed by atoms with van der Waals surface area (Å²) in [4.78, 5) is 0. The van der Waals surface area contributed by atoms with Gasteiger partial charge in [0.2, 0.25) is 0 Å². The zero-order valence-corrected chi connectivity index (χ0v) is 10.2. The summed E-state index contributed by atoms with van der Waals surface area (Å²) in [7, 11) is 0. The fourth-order valence-electron chi connectivity index (χ4n) is 2.03. The molecule has 86 valence electrons. The molecule has 0 spiro atoms. The first-order valence-corrected chi connectivity index (χ1v) is 6.01. The number of aryl methyl sites for hydroxylation is 2. The monoisotopic (exact) mass is 216 g/mol. The van der Waals surface area contributed by atoms with Crippen LogP contribution in [0.25, 0.3) is 0 Å². The number of hydrogen-bond acceptors (Lipinski definition) is 2. The summed E-state index contributed by atoms with van der Waals surface area (Å²) in [5, 5.41) is 9.23. The van der Waals surface area contributed by atoms with Crippen LogP contribution in [0.1, 0.15) is 48.9 Å². The van der Waals surface area contributed by atoms with Gasteiger partial charge in [-0.1, -0.05) is 38.8 Å². The Morgan fingerprint density at radius 3 is 1.94 bits per heavy atom. The van der Waals surface area contributed by atoms with Crippen LogP contribution in [0.4, 0.5) is 0 Å². The van der Waals surface area contributed by atoms with E-state index in [-0.39, 0.29) is 0 Å². The third-order valence-electron chi connectivity index (χ3n) is 2.75. The Kier molecular flexibility index (Phi) is 5.01. The Morgan fingerprint density at radius 2 is 1.62 bits per heavy atom. The molecule has 2 N–H and O–H groups in total. The van der Waals surface area contributed by atoms with Crippen LogP contribution in [0.2, 0.25) is 0 Å². The predicted molar refractivity (Wildman–Crippen MR) is 67.0 cm³/mol. The van der Waals surface area contributed by atoms with Crippen molar-refractivity contribution in [1.29, 1.82) is 5.26 Å². The molecule has 16 heavy (non-hydrogen) atoms. The molecule has 0 saturated carbocycles. The van der Waals surface area contributed by atoms with Gasteiger partial charge in [0.1, 0.15) is 0 Å². The van der Waals surface area contributed by atoms with Crippen molar-refractivity contribution >= 4 is 0 Å². The maximum Gasteiger partial charge on any atom is 0.0997 e. The summed E-state index contributed by atoms with van der Waals surface area (Å²) in [5.74, 6) is 0. The van der Waals surface area contributed by atoms with Crippen molar-refractivity contribution in [1.82, 2.24) is 0 Å². The molecule has 0 amide bonds. The lowest BCUT2D eigenvalue weighted by molar-refractivity contribution is 0.879. The number of nitrogens with zero attached hydrogens (tertiary/aromatic N) is 1. The van der Waals surface area contributed by atoms with Crippen molar-refractivity contribution in [3.63, 3.8) is 0 Å². The highest BCUT2D eigenvalue weighted by Crippen LogP contribution is 2.20. The van der Waals surface area contributed by atoms with Crippen molar-refractivity contribution < 1.29 is 0 Å².